The first-order chi connectivity index (χ1) is 14.6. The van der Waals surface area contributed by atoms with Crippen molar-refractivity contribution in [3.05, 3.63) is 60.2 Å². The minimum atomic E-state index is -0.370. The summed E-state index contributed by atoms with van der Waals surface area (Å²) in [6.07, 6.45) is 2.10. The van der Waals surface area contributed by atoms with Gasteiger partial charge in [0.2, 0.25) is 0 Å². The topological polar surface area (TPSA) is 85.1 Å². The molecule has 1 amide bonds. The number of cyclic esters (lactones) is 1. The fourth-order valence-corrected chi connectivity index (χ4v) is 4.04. The number of carbonyl (C=O) groups excluding carboxylic acids is 2. The maximum absolute atomic E-state index is 12.7. The normalized spacial score (nSPS) is 22.0. The number of amides is 1. The Morgan fingerprint density at radius 2 is 1.87 bits per heavy atom. The smallest absolute Gasteiger partial charge is 0.414 e. The Morgan fingerprint density at radius 3 is 2.63 bits per heavy atom. The molecule has 7 heteroatoms. The summed E-state index contributed by atoms with van der Waals surface area (Å²) in [5, 5.41) is 0. The molecule has 7 nitrogen and oxygen atoms in total. The quantitative estimate of drug-likeness (QED) is 0.583. The molecule has 2 aromatic rings. The lowest BCUT2D eigenvalue weighted by Gasteiger charge is -2.34. The van der Waals surface area contributed by atoms with E-state index in [-0.39, 0.29) is 30.8 Å². The second-order valence-corrected chi connectivity index (χ2v) is 7.81. The number of esters is 1. The summed E-state index contributed by atoms with van der Waals surface area (Å²) >= 11 is 0. The van der Waals surface area contributed by atoms with Gasteiger partial charge in [0, 0.05) is 17.9 Å². The molecule has 0 spiro atoms. The maximum Gasteiger partial charge on any atom is 0.414 e. The number of nitrogen functional groups attached to an aromatic ring is 1. The third-order valence-electron chi connectivity index (χ3n) is 5.63. The molecule has 2 heterocycles. The minimum absolute atomic E-state index is 0.210. The van der Waals surface area contributed by atoms with Crippen LogP contribution in [0.3, 0.4) is 0 Å². The Balaban J connectivity index is 1.35. The van der Waals surface area contributed by atoms with Gasteiger partial charge in [-0.3, -0.25) is 14.6 Å². The van der Waals surface area contributed by atoms with E-state index in [1.165, 1.54) is 0 Å². The van der Waals surface area contributed by atoms with Crippen molar-refractivity contribution >= 4 is 23.4 Å². The first-order valence-electron chi connectivity index (χ1n) is 10.4. The molecule has 2 atom stereocenters. The lowest BCUT2D eigenvalue weighted by atomic mass is 10.0. The van der Waals surface area contributed by atoms with E-state index in [0.717, 1.165) is 37.1 Å². The molecular weight excluding hydrogens is 382 g/mol. The second-order valence-electron chi connectivity index (χ2n) is 7.81. The summed E-state index contributed by atoms with van der Waals surface area (Å²) in [6, 6.07) is 16.5. The van der Waals surface area contributed by atoms with Gasteiger partial charge in [0.25, 0.3) is 0 Å². The SMILES string of the molecule is Nc1ccc(N2CC(CN3CCCCC3C(=O)OCc3ccccc3)OC2=O)cc1. The molecule has 158 valence electrons. The fourth-order valence-electron chi connectivity index (χ4n) is 4.04. The van der Waals surface area contributed by atoms with E-state index in [4.69, 9.17) is 15.2 Å². The van der Waals surface area contributed by atoms with E-state index in [0.29, 0.717) is 18.8 Å². The van der Waals surface area contributed by atoms with Crippen molar-refractivity contribution in [3.63, 3.8) is 0 Å². The van der Waals surface area contributed by atoms with Crippen LogP contribution in [0.2, 0.25) is 0 Å². The van der Waals surface area contributed by atoms with E-state index in [9.17, 15) is 9.59 Å². The molecule has 2 fully saturated rings. The Kier molecular flexibility index (Phi) is 6.18. The molecule has 2 aromatic carbocycles. The van der Waals surface area contributed by atoms with Crippen molar-refractivity contribution in [1.29, 1.82) is 0 Å². The Labute approximate surface area is 176 Å². The molecule has 30 heavy (non-hydrogen) atoms. The van der Waals surface area contributed by atoms with E-state index >= 15 is 0 Å². The van der Waals surface area contributed by atoms with Gasteiger partial charge >= 0.3 is 12.1 Å². The van der Waals surface area contributed by atoms with Crippen LogP contribution >= 0.6 is 0 Å². The first kappa shape index (κ1) is 20.2. The molecule has 2 unspecified atom stereocenters. The zero-order valence-electron chi connectivity index (χ0n) is 16.9. The third kappa shape index (κ3) is 4.74. The highest BCUT2D eigenvalue weighted by molar-refractivity contribution is 5.90. The zero-order chi connectivity index (χ0) is 20.9. The average Bonchev–Trinajstić information content (AvgIpc) is 3.13. The second kappa shape index (κ2) is 9.17. The van der Waals surface area contributed by atoms with Crippen LogP contribution in [-0.2, 0) is 20.9 Å². The number of ether oxygens (including phenoxy) is 2. The van der Waals surface area contributed by atoms with Crippen LogP contribution in [0.25, 0.3) is 0 Å². The molecule has 4 rings (SSSR count). The predicted octanol–water partition coefficient (Wildman–Crippen LogP) is 3.19. The number of hydrogen-bond donors (Lipinski definition) is 1. The maximum atomic E-state index is 12.7. The minimum Gasteiger partial charge on any atom is -0.460 e. The highest BCUT2D eigenvalue weighted by atomic mass is 16.6. The van der Waals surface area contributed by atoms with Crippen LogP contribution in [0.1, 0.15) is 24.8 Å². The number of likely N-dealkylation sites (tertiary alicyclic amines) is 1. The molecule has 2 aliphatic heterocycles. The third-order valence-corrected chi connectivity index (χ3v) is 5.63. The lowest BCUT2D eigenvalue weighted by Crippen LogP contribution is -2.49. The van der Waals surface area contributed by atoms with Gasteiger partial charge in [-0.1, -0.05) is 36.8 Å². The van der Waals surface area contributed by atoms with Crippen molar-refractivity contribution in [1.82, 2.24) is 4.90 Å². The van der Waals surface area contributed by atoms with Crippen molar-refractivity contribution in [2.24, 2.45) is 0 Å². The first-order valence-corrected chi connectivity index (χ1v) is 10.4. The number of benzene rings is 2. The lowest BCUT2D eigenvalue weighted by molar-refractivity contribution is -0.153. The monoisotopic (exact) mass is 409 g/mol. The summed E-state index contributed by atoms with van der Waals surface area (Å²) < 4.78 is 11.2. The van der Waals surface area contributed by atoms with Crippen LogP contribution in [-0.4, -0.2) is 48.7 Å². The van der Waals surface area contributed by atoms with Crippen LogP contribution < -0.4 is 10.6 Å². The molecular formula is C23H27N3O4. The number of hydrogen-bond acceptors (Lipinski definition) is 6. The van der Waals surface area contributed by atoms with Gasteiger partial charge in [0.05, 0.1) is 6.54 Å². The summed E-state index contributed by atoms with van der Waals surface area (Å²) in [7, 11) is 0. The van der Waals surface area contributed by atoms with Crippen molar-refractivity contribution in [3.8, 4) is 0 Å². The van der Waals surface area contributed by atoms with Crippen molar-refractivity contribution in [2.75, 3.05) is 30.3 Å². The Morgan fingerprint density at radius 1 is 1.10 bits per heavy atom. The van der Waals surface area contributed by atoms with Gasteiger partial charge in [-0.05, 0) is 49.2 Å². The van der Waals surface area contributed by atoms with Gasteiger partial charge in [-0.25, -0.2) is 4.79 Å². The summed E-state index contributed by atoms with van der Waals surface area (Å²) in [5.41, 5.74) is 8.11. The van der Waals surface area contributed by atoms with E-state index in [1.54, 1.807) is 17.0 Å². The van der Waals surface area contributed by atoms with Crippen LogP contribution in [0.15, 0.2) is 54.6 Å². The van der Waals surface area contributed by atoms with E-state index in [2.05, 4.69) is 4.90 Å². The van der Waals surface area contributed by atoms with Gasteiger partial charge in [0.1, 0.15) is 18.8 Å². The van der Waals surface area contributed by atoms with E-state index in [1.807, 2.05) is 42.5 Å². The summed E-state index contributed by atoms with van der Waals surface area (Å²) in [6.45, 7) is 2.03. The summed E-state index contributed by atoms with van der Waals surface area (Å²) in [4.78, 5) is 28.8. The zero-order valence-corrected chi connectivity index (χ0v) is 16.9. The number of nitrogens with zero attached hydrogens (tertiary/aromatic N) is 2. The predicted molar refractivity (Wildman–Crippen MR) is 114 cm³/mol. The Bertz CT molecular complexity index is 872. The number of carbonyl (C=O) groups is 2. The van der Waals surface area contributed by atoms with Gasteiger partial charge < -0.3 is 15.2 Å². The molecule has 2 saturated heterocycles. The van der Waals surface area contributed by atoms with Gasteiger partial charge in [0.15, 0.2) is 0 Å². The standard InChI is InChI=1S/C23H27N3O4/c24-18-9-11-19(12-10-18)26-15-20(30-23(26)28)14-25-13-5-4-8-21(25)22(27)29-16-17-6-2-1-3-7-17/h1-3,6-7,9-12,20-21H,4-5,8,13-16,24H2. The van der Waals surface area contributed by atoms with Crippen LogP contribution in [0.5, 0.6) is 0 Å². The molecule has 0 radical (unpaired) electrons. The van der Waals surface area contributed by atoms with Gasteiger partial charge in [-0.2, -0.15) is 0 Å². The van der Waals surface area contributed by atoms with Crippen molar-refractivity contribution in [2.45, 2.75) is 38.0 Å². The number of anilines is 2. The molecule has 2 N–H and O–H groups in total. The van der Waals surface area contributed by atoms with Gasteiger partial charge in [-0.15, -0.1) is 0 Å². The summed E-state index contributed by atoms with van der Waals surface area (Å²) in [5.74, 6) is -0.210. The number of rotatable bonds is 6. The van der Waals surface area contributed by atoms with Crippen LogP contribution in [0, 0.1) is 0 Å². The highest BCUT2D eigenvalue weighted by Crippen LogP contribution is 2.25. The average molecular weight is 409 g/mol. The van der Waals surface area contributed by atoms with Crippen LogP contribution in [0.4, 0.5) is 16.2 Å². The highest BCUT2D eigenvalue weighted by Gasteiger charge is 2.37. The number of piperidine rings is 1. The van der Waals surface area contributed by atoms with E-state index < -0.39 is 0 Å². The molecule has 0 bridgehead atoms. The molecule has 0 saturated carbocycles. The largest absolute Gasteiger partial charge is 0.460 e. The molecule has 2 aliphatic rings. The molecule has 0 aromatic heterocycles. The van der Waals surface area contributed by atoms with Crippen molar-refractivity contribution < 1.29 is 19.1 Å². The number of nitrogens with two attached hydrogens (primary N) is 1. The fraction of sp³-hybridized carbons (Fsp3) is 0.391. The molecule has 0 aliphatic carbocycles. The Hall–Kier alpha value is -3.06.